The van der Waals surface area contributed by atoms with Crippen LogP contribution in [-0.4, -0.2) is 5.11 Å². The Morgan fingerprint density at radius 1 is 1.16 bits per heavy atom. The minimum Gasteiger partial charge on any atom is -0.485 e. The maximum Gasteiger partial charge on any atom is 0.127 e. The highest BCUT2D eigenvalue weighted by atomic mass is 79.9. The van der Waals surface area contributed by atoms with Gasteiger partial charge in [-0.3, -0.25) is 0 Å². The normalized spacial score (nSPS) is 21.6. The van der Waals surface area contributed by atoms with E-state index in [4.69, 9.17) is 4.74 Å². The first-order chi connectivity index (χ1) is 9.13. The van der Waals surface area contributed by atoms with Gasteiger partial charge in [0.15, 0.2) is 0 Å². The van der Waals surface area contributed by atoms with Gasteiger partial charge >= 0.3 is 0 Å². The second-order valence-corrected chi connectivity index (χ2v) is 5.51. The summed E-state index contributed by atoms with van der Waals surface area (Å²) in [6, 6.07) is 12.0. The molecule has 0 amide bonds. The maximum atomic E-state index is 13.2. The van der Waals surface area contributed by atoms with E-state index in [0.29, 0.717) is 17.7 Å². The number of rotatable bonds is 1. The predicted octanol–water partition coefficient (Wildman–Crippen LogP) is 4.15. The zero-order valence-electron chi connectivity index (χ0n) is 10.0. The Morgan fingerprint density at radius 3 is 2.63 bits per heavy atom. The van der Waals surface area contributed by atoms with Crippen molar-refractivity contribution in [1.82, 2.24) is 0 Å². The lowest BCUT2D eigenvalue weighted by Gasteiger charge is -2.30. The van der Waals surface area contributed by atoms with E-state index in [-0.39, 0.29) is 11.9 Å². The third-order valence-corrected chi connectivity index (χ3v) is 3.81. The molecule has 1 aliphatic heterocycles. The fourth-order valence-electron chi connectivity index (χ4n) is 2.30. The minimum absolute atomic E-state index is 0.207. The molecule has 0 aliphatic carbocycles. The van der Waals surface area contributed by atoms with Crippen molar-refractivity contribution in [1.29, 1.82) is 0 Å². The van der Waals surface area contributed by atoms with Crippen molar-refractivity contribution >= 4 is 15.9 Å². The molecule has 0 radical (unpaired) electrons. The third-order valence-electron chi connectivity index (χ3n) is 3.28. The molecule has 1 heterocycles. The number of ether oxygens (including phenoxy) is 1. The molecular weight excluding hydrogens is 311 g/mol. The van der Waals surface area contributed by atoms with Crippen LogP contribution in [0.1, 0.15) is 29.8 Å². The van der Waals surface area contributed by atoms with Crippen LogP contribution in [0.15, 0.2) is 46.9 Å². The SMILES string of the molecule is O[C@H]1CC(c2ccc(Br)cc2)Oc2ccc(F)cc21. The number of halogens is 2. The number of fused-ring (bicyclic) bond motifs is 1. The first-order valence-corrected chi connectivity index (χ1v) is 6.82. The van der Waals surface area contributed by atoms with Crippen LogP contribution in [-0.2, 0) is 0 Å². The summed E-state index contributed by atoms with van der Waals surface area (Å²) in [5.41, 5.74) is 1.52. The summed E-state index contributed by atoms with van der Waals surface area (Å²) in [7, 11) is 0. The molecule has 0 fully saturated rings. The maximum absolute atomic E-state index is 13.2. The van der Waals surface area contributed by atoms with Crippen molar-refractivity contribution in [2.24, 2.45) is 0 Å². The molecule has 19 heavy (non-hydrogen) atoms. The molecule has 0 aromatic heterocycles. The van der Waals surface area contributed by atoms with Gasteiger partial charge in [-0.2, -0.15) is 0 Å². The molecule has 0 saturated carbocycles. The van der Waals surface area contributed by atoms with Crippen LogP contribution in [0.5, 0.6) is 5.75 Å². The van der Waals surface area contributed by atoms with Crippen LogP contribution in [0, 0.1) is 5.82 Å². The Morgan fingerprint density at radius 2 is 1.89 bits per heavy atom. The van der Waals surface area contributed by atoms with Crippen LogP contribution in [0.25, 0.3) is 0 Å². The fourth-order valence-corrected chi connectivity index (χ4v) is 2.56. The largest absolute Gasteiger partial charge is 0.485 e. The fraction of sp³-hybridized carbons (Fsp3) is 0.200. The van der Waals surface area contributed by atoms with Crippen molar-refractivity contribution in [3.8, 4) is 5.75 Å². The Balaban J connectivity index is 1.92. The van der Waals surface area contributed by atoms with Crippen LogP contribution in [0.2, 0.25) is 0 Å². The van der Waals surface area contributed by atoms with Crippen molar-refractivity contribution in [3.63, 3.8) is 0 Å². The lowest BCUT2D eigenvalue weighted by Crippen LogP contribution is -2.19. The van der Waals surface area contributed by atoms with E-state index < -0.39 is 6.10 Å². The molecule has 3 rings (SSSR count). The molecule has 0 spiro atoms. The van der Waals surface area contributed by atoms with Gasteiger partial charge in [-0.05, 0) is 35.9 Å². The van der Waals surface area contributed by atoms with Crippen LogP contribution in [0.3, 0.4) is 0 Å². The van der Waals surface area contributed by atoms with Crippen molar-refractivity contribution in [2.75, 3.05) is 0 Å². The van der Waals surface area contributed by atoms with E-state index in [2.05, 4.69) is 15.9 Å². The van der Waals surface area contributed by atoms with Gasteiger partial charge < -0.3 is 9.84 Å². The van der Waals surface area contributed by atoms with Crippen molar-refractivity contribution in [2.45, 2.75) is 18.6 Å². The quantitative estimate of drug-likeness (QED) is 0.854. The number of aliphatic hydroxyl groups is 1. The average Bonchev–Trinajstić information content (AvgIpc) is 2.40. The van der Waals surface area contributed by atoms with E-state index in [1.54, 1.807) is 6.07 Å². The number of benzene rings is 2. The molecule has 2 aromatic rings. The van der Waals surface area contributed by atoms with Gasteiger partial charge in [-0.15, -0.1) is 0 Å². The van der Waals surface area contributed by atoms with Gasteiger partial charge in [0, 0.05) is 16.5 Å². The zero-order valence-corrected chi connectivity index (χ0v) is 11.6. The van der Waals surface area contributed by atoms with Crippen LogP contribution >= 0.6 is 15.9 Å². The monoisotopic (exact) mass is 322 g/mol. The Hall–Kier alpha value is -1.39. The van der Waals surface area contributed by atoms with E-state index in [0.717, 1.165) is 10.0 Å². The number of hydrogen-bond donors (Lipinski definition) is 1. The Labute approximate surface area is 119 Å². The lowest BCUT2D eigenvalue weighted by atomic mass is 9.95. The lowest BCUT2D eigenvalue weighted by molar-refractivity contribution is 0.0653. The predicted molar refractivity (Wildman–Crippen MR) is 73.5 cm³/mol. The zero-order chi connectivity index (χ0) is 13.4. The Kier molecular flexibility index (Phi) is 3.29. The molecule has 2 aromatic carbocycles. The third kappa shape index (κ3) is 2.51. The summed E-state index contributed by atoms with van der Waals surface area (Å²) in [5, 5.41) is 10.1. The van der Waals surface area contributed by atoms with E-state index >= 15 is 0 Å². The van der Waals surface area contributed by atoms with Gasteiger partial charge in [0.1, 0.15) is 17.7 Å². The van der Waals surface area contributed by atoms with Crippen LogP contribution in [0.4, 0.5) is 4.39 Å². The van der Waals surface area contributed by atoms with Crippen molar-refractivity contribution < 1.29 is 14.2 Å². The standard InChI is InChI=1S/C15H12BrFO2/c16-10-3-1-9(2-4-10)15-8-13(18)12-7-11(17)5-6-14(12)19-15/h1-7,13,15,18H,8H2/t13-,15?/m0/s1. The van der Waals surface area contributed by atoms with Gasteiger partial charge in [-0.25, -0.2) is 4.39 Å². The summed E-state index contributed by atoms with van der Waals surface area (Å²) in [6.07, 6.45) is -0.480. The molecule has 1 aliphatic rings. The molecule has 2 atom stereocenters. The van der Waals surface area contributed by atoms with E-state index in [9.17, 15) is 9.50 Å². The van der Waals surface area contributed by atoms with Crippen LogP contribution < -0.4 is 4.74 Å². The first-order valence-electron chi connectivity index (χ1n) is 6.03. The number of aliphatic hydroxyl groups excluding tert-OH is 1. The molecule has 98 valence electrons. The Bertz CT molecular complexity index is 598. The number of hydrogen-bond acceptors (Lipinski definition) is 2. The molecular formula is C15H12BrFO2. The summed E-state index contributed by atoms with van der Waals surface area (Å²) >= 11 is 3.38. The minimum atomic E-state index is -0.701. The first kappa shape index (κ1) is 12.6. The van der Waals surface area contributed by atoms with E-state index in [1.165, 1.54) is 12.1 Å². The highest BCUT2D eigenvalue weighted by Gasteiger charge is 2.28. The summed E-state index contributed by atoms with van der Waals surface area (Å²) in [6.45, 7) is 0. The topological polar surface area (TPSA) is 29.5 Å². The van der Waals surface area contributed by atoms with Gasteiger partial charge in [0.2, 0.25) is 0 Å². The molecule has 4 heteroatoms. The molecule has 0 bridgehead atoms. The van der Waals surface area contributed by atoms with Gasteiger partial charge in [0.25, 0.3) is 0 Å². The molecule has 1 unspecified atom stereocenters. The molecule has 2 nitrogen and oxygen atoms in total. The smallest absolute Gasteiger partial charge is 0.127 e. The second-order valence-electron chi connectivity index (χ2n) is 4.59. The molecule has 1 N–H and O–H groups in total. The second kappa shape index (κ2) is 4.94. The summed E-state index contributed by atoms with van der Waals surface area (Å²) < 4.78 is 20.0. The van der Waals surface area contributed by atoms with Crippen molar-refractivity contribution in [3.05, 3.63) is 63.9 Å². The highest BCUT2D eigenvalue weighted by molar-refractivity contribution is 9.10. The summed E-state index contributed by atoms with van der Waals surface area (Å²) in [4.78, 5) is 0. The summed E-state index contributed by atoms with van der Waals surface area (Å²) in [5.74, 6) is 0.191. The highest BCUT2D eigenvalue weighted by Crippen LogP contribution is 2.41. The van der Waals surface area contributed by atoms with E-state index in [1.807, 2.05) is 24.3 Å². The average molecular weight is 323 g/mol. The molecule has 0 saturated heterocycles. The van der Waals surface area contributed by atoms with Gasteiger partial charge in [0.05, 0.1) is 6.10 Å². The van der Waals surface area contributed by atoms with Gasteiger partial charge in [-0.1, -0.05) is 28.1 Å².